The largest absolute Gasteiger partial charge is 0.496 e. The van der Waals surface area contributed by atoms with Crippen molar-refractivity contribution in [2.45, 2.75) is 20.3 Å². The average Bonchev–Trinajstić information content (AvgIpc) is 2.39. The fourth-order valence-corrected chi connectivity index (χ4v) is 2.06. The fraction of sp³-hybridized carbons (Fsp3) is 0.235. The van der Waals surface area contributed by atoms with Gasteiger partial charge in [0, 0.05) is 17.5 Å². The second-order valence-electron chi connectivity index (χ2n) is 4.78. The Bertz CT molecular complexity index is 583. The summed E-state index contributed by atoms with van der Waals surface area (Å²) in [5.74, 6) is 0.884. The second-order valence-corrected chi connectivity index (χ2v) is 4.78. The van der Waals surface area contributed by atoms with Crippen LogP contribution in [0.15, 0.2) is 42.5 Å². The lowest BCUT2D eigenvalue weighted by Crippen LogP contribution is -2.05. The number of methoxy groups -OCH3 is 1. The molecule has 0 aliphatic rings. The molecule has 0 fully saturated rings. The molecule has 2 rings (SSSR count). The van der Waals surface area contributed by atoms with Crippen LogP contribution >= 0.6 is 0 Å². The van der Waals surface area contributed by atoms with Gasteiger partial charge in [-0.25, -0.2) is 0 Å². The Hall–Kier alpha value is -2.09. The van der Waals surface area contributed by atoms with Crippen molar-refractivity contribution in [1.82, 2.24) is 0 Å². The first-order valence-electron chi connectivity index (χ1n) is 6.33. The smallest absolute Gasteiger partial charge is 0.167 e. The summed E-state index contributed by atoms with van der Waals surface area (Å²) in [5, 5.41) is 0. The van der Waals surface area contributed by atoms with Crippen molar-refractivity contribution in [3.05, 3.63) is 64.7 Å². The quantitative estimate of drug-likeness (QED) is 0.777. The lowest BCUT2D eigenvalue weighted by molar-refractivity contribution is 0.0992. The zero-order valence-corrected chi connectivity index (χ0v) is 11.6. The summed E-state index contributed by atoms with van der Waals surface area (Å²) in [6.45, 7) is 4.02. The SMILES string of the molecule is COc1ccc(C)cc1CC(=O)c1ccc(C)cc1. The van der Waals surface area contributed by atoms with Crippen molar-refractivity contribution in [2.75, 3.05) is 7.11 Å². The van der Waals surface area contributed by atoms with Gasteiger partial charge < -0.3 is 4.74 Å². The van der Waals surface area contributed by atoms with E-state index in [4.69, 9.17) is 4.74 Å². The van der Waals surface area contributed by atoms with Gasteiger partial charge in [0.2, 0.25) is 0 Å². The molecule has 2 aromatic rings. The van der Waals surface area contributed by atoms with Crippen molar-refractivity contribution in [3.63, 3.8) is 0 Å². The summed E-state index contributed by atoms with van der Waals surface area (Å²) in [6.07, 6.45) is 0.369. The first-order valence-corrected chi connectivity index (χ1v) is 6.33. The molecule has 0 spiro atoms. The van der Waals surface area contributed by atoms with Gasteiger partial charge in [-0.05, 0) is 19.9 Å². The van der Waals surface area contributed by atoms with Crippen LogP contribution in [0.2, 0.25) is 0 Å². The number of carbonyl (C=O) groups is 1. The maximum atomic E-state index is 12.2. The highest BCUT2D eigenvalue weighted by molar-refractivity contribution is 5.97. The molecule has 19 heavy (non-hydrogen) atoms. The molecule has 0 aliphatic heterocycles. The van der Waals surface area contributed by atoms with Crippen molar-refractivity contribution in [1.29, 1.82) is 0 Å². The normalized spacial score (nSPS) is 10.3. The molecule has 0 atom stereocenters. The molecule has 0 N–H and O–H groups in total. The van der Waals surface area contributed by atoms with Gasteiger partial charge in [0.15, 0.2) is 5.78 Å². The van der Waals surface area contributed by atoms with Gasteiger partial charge in [-0.1, -0.05) is 47.5 Å². The molecule has 0 heterocycles. The minimum atomic E-state index is 0.115. The number of Topliss-reactive ketones (excluding diaryl/α,β-unsaturated/α-hetero) is 1. The van der Waals surface area contributed by atoms with E-state index in [2.05, 4.69) is 0 Å². The number of benzene rings is 2. The monoisotopic (exact) mass is 254 g/mol. The van der Waals surface area contributed by atoms with Crippen molar-refractivity contribution in [3.8, 4) is 5.75 Å². The van der Waals surface area contributed by atoms with E-state index in [1.54, 1.807) is 7.11 Å². The van der Waals surface area contributed by atoms with Crippen LogP contribution < -0.4 is 4.74 Å². The molecule has 2 heteroatoms. The van der Waals surface area contributed by atoms with Gasteiger partial charge in [0.1, 0.15) is 5.75 Å². The Balaban J connectivity index is 2.23. The first-order chi connectivity index (χ1) is 9.10. The highest BCUT2D eigenvalue weighted by Crippen LogP contribution is 2.21. The van der Waals surface area contributed by atoms with Gasteiger partial charge in [-0.3, -0.25) is 4.79 Å². The zero-order chi connectivity index (χ0) is 13.8. The van der Waals surface area contributed by atoms with Crippen LogP contribution in [-0.2, 0) is 6.42 Å². The zero-order valence-electron chi connectivity index (χ0n) is 11.6. The summed E-state index contributed by atoms with van der Waals surface area (Å²) in [5.41, 5.74) is 3.97. The lowest BCUT2D eigenvalue weighted by atomic mass is 10.00. The molecule has 0 aromatic heterocycles. The van der Waals surface area contributed by atoms with Crippen LogP contribution in [-0.4, -0.2) is 12.9 Å². The number of ketones is 1. The molecular weight excluding hydrogens is 236 g/mol. The van der Waals surface area contributed by atoms with Crippen LogP contribution in [0.25, 0.3) is 0 Å². The number of ether oxygens (including phenoxy) is 1. The van der Waals surface area contributed by atoms with E-state index in [9.17, 15) is 4.79 Å². The molecule has 2 nitrogen and oxygen atoms in total. The van der Waals surface area contributed by atoms with E-state index < -0.39 is 0 Å². The Morgan fingerprint density at radius 3 is 2.26 bits per heavy atom. The first kappa shape index (κ1) is 13.3. The van der Waals surface area contributed by atoms with E-state index in [1.807, 2.05) is 56.3 Å². The Labute approximate surface area is 114 Å². The maximum Gasteiger partial charge on any atom is 0.167 e. The third kappa shape index (κ3) is 3.22. The topological polar surface area (TPSA) is 26.3 Å². The molecule has 0 saturated carbocycles. The standard InChI is InChI=1S/C17H18O2/c1-12-4-7-14(8-5-12)16(18)11-15-10-13(2)6-9-17(15)19-3/h4-10H,11H2,1-3H3. The summed E-state index contributed by atoms with van der Waals surface area (Å²) in [7, 11) is 1.63. The molecule has 0 saturated heterocycles. The van der Waals surface area contributed by atoms with Gasteiger partial charge in [0.25, 0.3) is 0 Å². The molecule has 0 radical (unpaired) electrons. The van der Waals surface area contributed by atoms with Crippen LogP contribution in [0.5, 0.6) is 5.75 Å². The fourth-order valence-electron chi connectivity index (χ4n) is 2.06. The number of hydrogen-bond donors (Lipinski definition) is 0. The molecule has 0 amide bonds. The van der Waals surface area contributed by atoms with Gasteiger partial charge in [0.05, 0.1) is 7.11 Å². The molecule has 0 unspecified atom stereocenters. The number of carbonyl (C=O) groups excluding carboxylic acids is 1. The Morgan fingerprint density at radius 1 is 1.00 bits per heavy atom. The van der Waals surface area contributed by atoms with Crippen molar-refractivity contribution in [2.24, 2.45) is 0 Å². The maximum absolute atomic E-state index is 12.2. The van der Waals surface area contributed by atoms with Crippen LogP contribution in [0, 0.1) is 13.8 Å². The minimum Gasteiger partial charge on any atom is -0.496 e. The highest BCUT2D eigenvalue weighted by Gasteiger charge is 2.11. The Kier molecular flexibility index (Phi) is 4.00. The summed E-state index contributed by atoms with van der Waals surface area (Å²) >= 11 is 0. The summed E-state index contributed by atoms with van der Waals surface area (Å²) in [6, 6.07) is 13.6. The highest BCUT2D eigenvalue weighted by atomic mass is 16.5. The van der Waals surface area contributed by atoms with E-state index >= 15 is 0 Å². The van der Waals surface area contributed by atoms with E-state index in [-0.39, 0.29) is 5.78 Å². The molecular formula is C17H18O2. The van der Waals surface area contributed by atoms with E-state index in [1.165, 1.54) is 0 Å². The van der Waals surface area contributed by atoms with Crippen molar-refractivity contribution >= 4 is 5.78 Å². The van der Waals surface area contributed by atoms with Gasteiger partial charge in [-0.15, -0.1) is 0 Å². The van der Waals surface area contributed by atoms with Crippen LogP contribution in [0.1, 0.15) is 27.0 Å². The molecule has 0 bridgehead atoms. The van der Waals surface area contributed by atoms with Gasteiger partial charge in [-0.2, -0.15) is 0 Å². The minimum absolute atomic E-state index is 0.115. The predicted molar refractivity (Wildman–Crippen MR) is 76.9 cm³/mol. The summed E-state index contributed by atoms with van der Waals surface area (Å²) < 4.78 is 5.30. The Morgan fingerprint density at radius 2 is 1.63 bits per heavy atom. The number of rotatable bonds is 4. The lowest BCUT2D eigenvalue weighted by Gasteiger charge is -2.09. The molecule has 2 aromatic carbocycles. The second kappa shape index (κ2) is 5.70. The van der Waals surface area contributed by atoms with E-state index in [0.29, 0.717) is 6.42 Å². The van der Waals surface area contributed by atoms with Crippen LogP contribution in [0.4, 0.5) is 0 Å². The predicted octanol–water partition coefficient (Wildman–Crippen LogP) is 3.74. The average molecular weight is 254 g/mol. The number of aryl methyl sites for hydroxylation is 2. The molecule has 98 valence electrons. The van der Waals surface area contributed by atoms with E-state index in [0.717, 1.165) is 28.0 Å². The van der Waals surface area contributed by atoms with Crippen LogP contribution in [0.3, 0.4) is 0 Å². The van der Waals surface area contributed by atoms with Gasteiger partial charge >= 0.3 is 0 Å². The third-order valence-electron chi connectivity index (χ3n) is 3.16. The third-order valence-corrected chi connectivity index (χ3v) is 3.16. The molecule has 0 aliphatic carbocycles. The summed E-state index contributed by atoms with van der Waals surface area (Å²) in [4.78, 5) is 12.2. The van der Waals surface area contributed by atoms with Crippen molar-refractivity contribution < 1.29 is 9.53 Å². The number of hydrogen-bond acceptors (Lipinski definition) is 2.